The van der Waals surface area contributed by atoms with Gasteiger partial charge in [0.05, 0.1) is 0 Å². The van der Waals surface area contributed by atoms with Crippen LogP contribution in [0.4, 0.5) is 17.1 Å². The summed E-state index contributed by atoms with van der Waals surface area (Å²) in [5, 5.41) is 4.13. The van der Waals surface area contributed by atoms with Crippen LogP contribution >= 0.6 is 0 Å². The second-order valence-electron chi connectivity index (χ2n) is 14.1. The third kappa shape index (κ3) is 5.88. The Hall–Kier alpha value is -7.83. The number of para-hydroxylation sites is 2. The topological polar surface area (TPSA) is 68.2 Å². The molecule has 3 aromatic heterocycles. The van der Waals surface area contributed by atoms with E-state index in [4.69, 9.17) is 23.8 Å². The first-order valence-electron chi connectivity index (χ1n) is 18.9. The van der Waals surface area contributed by atoms with Crippen LogP contribution in [0.1, 0.15) is 0 Å². The summed E-state index contributed by atoms with van der Waals surface area (Å²) in [7, 11) is 0. The van der Waals surface area contributed by atoms with Crippen LogP contribution < -0.4 is 4.90 Å². The Labute approximate surface area is 328 Å². The van der Waals surface area contributed by atoms with Gasteiger partial charge in [-0.1, -0.05) is 115 Å². The molecule has 0 saturated carbocycles. The quantitative estimate of drug-likeness (QED) is 0.162. The van der Waals surface area contributed by atoms with Gasteiger partial charge < -0.3 is 13.7 Å². The summed E-state index contributed by atoms with van der Waals surface area (Å²) in [6.45, 7) is 0. The summed E-state index contributed by atoms with van der Waals surface area (Å²) in [5.41, 5.74) is 11.3. The van der Waals surface area contributed by atoms with Crippen molar-refractivity contribution in [3.05, 3.63) is 194 Å². The fourth-order valence-corrected chi connectivity index (χ4v) is 7.72. The lowest BCUT2D eigenvalue weighted by Crippen LogP contribution is -2.09. The highest BCUT2D eigenvalue weighted by Crippen LogP contribution is 2.40. The van der Waals surface area contributed by atoms with Gasteiger partial charge in [-0.25, -0.2) is 15.0 Å². The second kappa shape index (κ2) is 13.5. The van der Waals surface area contributed by atoms with E-state index in [-0.39, 0.29) is 0 Å². The molecule has 57 heavy (non-hydrogen) atoms. The minimum absolute atomic E-state index is 0.563. The number of nitrogens with zero attached hydrogens (tertiary/aromatic N) is 4. The Balaban J connectivity index is 1.00. The van der Waals surface area contributed by atoms with Crippen molar-refractivity contribution < 1.29 is 8.83 Å². The van der Waals surface area contributed by atoms with E-state index in [0.717, 1.165) is 77.6 Å². The molecule has 0 N–H and O–H groups in total. The smallest absolute Gasteiger partial charge is 0.164 e. The van der Waals surface area contributed by atoms with Gasteiger partial charge in [-0.05, 0) is 83.9 Å². The van der Waals surface area contributed by atoms with Crippen molar-refractivity contribution in [1.82, 2.24) is 15.0 Å². The Morgan fingerprint density at radius 2 is 0.737 bits per heavy atom. The molecule has 6 nitrogen and oxygen atoms in total. The van der Waals surface area contributed by atoms with Crippen molar-refractivity contribution >= 4 is 60.9 Å². The summed E-state index contributed by atoms with van der Waals surface area (Å²) in [5.74, 6) is 1.74. The third-order valence-corrected chi connectivity index (χ3v) is 10.5. The maximum Gasteiger partial charge on any atom is 0.164 e. The SMILES string of the molecule is c1ccc(-c2ccc(N(c3ccccc3)c3ccc4c(c3)oc3cc(-c5nc(-c6ccccc6)nc(-c6ccc7oc8ccccc8c7c6)n5)ccc34)cc2)cc1. The largest absolute Gasteiger partial charge is 0.456 e. The Kier molecular flexibility index (Phi) is 7.71. The maximum absolute atomic E-state index is 6.66. The number of hydrogen-bond acceptors (Lipinski definition) is 6. The van der Waals surface area contributed by atoms with Crippen LogP contribution in [0.15, 0.2) is 203 Å². The summed E-state index contributed by atoms with van der Waals surface area (Å²) >= 11 is 0. The van der Waals surface area contributed by atoms with E-state index in [1.807, 2.05) is 78.9 Å². The lowest BCUT2D eigenvalue weighted by molar-refractivity contribution is 0.668. The fourth-order valence-electron chi connectivity index (χ4n) is 7.72. The molecule has 0 amide bonds. The number of aromatic nitrogens is 3. The van der Waals surface area contributed by atoms with Crippen LogP contribution in [0.5, 0.6) is 0 Å². The maximum atomic E-state index is 6.66. The van der Waals surface area contributed by atoms with Gasteiger partial charge in [0.2, 0.25) is 0 Å². The molecule has 0 aliphatic carbocycles. The summed E-state index contributed by atoms with van der Waals surface area (Å²) in [4.78, 5) is 17.3. The number of rotatable bonds is 7. The molecule has 0 saturated heterocycles. The van der Waals surface area contributed by atoms with Gasteiger partial charge >= 0.3 is 0 Å². The van der Waals surface area contributed by atoms with E-state index >= 15 is 0 Å². The van der Waals surface area contributed by atoms with E-state index in [2.05, 4.69) is 120 Å². The average molecular weight is 733 g/mol. The van der Waals surface area contributed by atoms with Crippen molar-refractivity contribution in [3.8, 4) is 45.3 Å². The van der Waals surface area contributed by atoms with Crippen LogP contribution in [0.3, 0.4) is 0 Å². The van der Waals surface area contributed by atoms with Gasteiger partial charge in [-0.2, -0.15) is 0 Å². The predicted octanol–water partition coefficient (Wildman–Crippen LogP) is 13.8. The first-order chi connectivity index (χ1) is 28.2. The minimum atomic E-state index is 0.563. The van der Waals surface area contributed by atoms with E-state index < -0.39 is 0 Å². The van der Waals surface area contributed by atoms with E-state index in [9.17, 15) is 0 Å². The van der Waals surface area contributed by atoms with Gasteiger partial charge in [-0.3, -0.25) is 0 Å². The highest BCUT2D eigenvalue weighted by Gasteiger charge is 2.18. The molecule has 11 aromatic rings. The molecular weight excluding hydrogens is 701 g/mol. The Morgan fingerprint density at radius 1 is 0.281 bits per heavy atom. The van der Waals surface area contributed by atoms with E-state index in [0.29, 0.717) is 17.5 Å². The number of fused-ring (bicyclic) bond motifs is 6. The molecule has 0 aliphatic rings. The number of hydrogen-bond donors (Lipinski definition) is 0. The molecule has 3 heterocycles. The van der Waals surface area contributed by atoms with Crippen molar-refractivity contribution in [2.24, 2.45) is 0 Å². The molecule has 0 radical (unpaired) electrons. The van der Waals surface area contributed by atoms with E-state index in [1.54, 1.807) is 0 Å². The normalized spacial score (nSPS) is 11.5. The highest BCUT2D eigenvalue weighted by atomic mass is 16.3. The molecule has 0 fully saturated rings. The zero-order valence-electron chi connectivity index (χ0n) is 30.6. The molecule has 11 rings (SSSR count). The summed E-state index contributed by atoms with van der Waals surface area (Å²) in [6, 6.07) is 66.4. The molecule has 6 heteroatoms. The molecule has 8 aromatic carbocycles. The van der Waals surface area contributed by atoms with Crippen molar-refractivity contribution in [1.29, 1.82) is 0 Å². The van der Waals surface area contributed by atoms with Gasteiger partial charge in [0.1, 0.15) is 22.3 Å². The first-order valence-corrected chi connectivity index (χ1v) is 18.9. The average Bonchev–Trinajstić information content (AvgIpc) is 3.85. The molecule has 0 bridgehead atoms. The molecule has 0 unspecified atom stereocenters. The number of benzene rings is 8. The lowest BCUT2D eigenvalue weighted by Gasteiger charge is -2.25. The molecule has 268 valence electrons. The van der Waals surface area contributed by atoms with Gasteiger partial charge in [0.15, 0.2) is 17.5 Å². The summed E-state index contributed by atoms with van der Waals surface area (Å²) in [6.07, 6.45) is 0. The third-order valence-electron chi connectivity index (χ3n) is 10.5. The highest BCUT2D eigenvalue weighted by molar-refractivity contribution is 6.08. The zero-order valence-corrected chi connectivity index (χ0v) is 30.6. The van der Waals surface area contributed by atoms with Gasteiger partial charge in [-0.15, -0.1) is 0 Å². The number of anilines is 3. The van der Waals surface area contributed by atoms with Crippen LogP contribution in [-0.2, 0) is 0 Å². The summed E-state index contributed by atoms with van der Waals surface area (Å²) < 4.78 is 12.8. The second-order valence-corrected chi connectivity index (χ2v) is 14.1. The van der Waals surface area contributed by atoms with Crippen molar-refractivity contribution in [2.45, 2.75) is 0 Å². The number of furan rings is 2. The Bertz CT molecular complexity index is 3230. The monoisotopic (exact) mass is 732 g/mol. The molecule has 0 aliphatic heterocycles. The van der Waals surface area contributed by atoms with Crippen LogP contribution in [0, 0.1) is 0 Å². The molecular formula is C51H32N4O2. The predicted molar refractivity (Wildman–Crippen MR) is 231 cm³/mol. The van der Waals surface area contributed by atoms with Crippen molar-refractivity contribution in [3.63, 3.8) is 0 Å². The molecule has 0 atom stereocenters. The van der Waals surface area contributed by atoms with Crippen LogP contribution in [0.2, 0.25) is 0 Å². The van der Waals surface area contributed by atoms with Crippen molar-refractivity contribution in [2.75, 3.05) is 4.90 Å². The van der Waals surface area contributed by atoms with Crippen LogP contribution in [-0.4, -0.2) is 15.0 Å². The first kappa shape index (κ1) is 32.6. The standard InChI is InChI=1S/C51H32N4O2/c1-4-12-33(13-5-1)34-20-24-39(25-21-34)55(38-16-8-3-9-17-38)40-26-28-43-42-27-22-37(31-47(42)57-48(43)32-40)51-53-49(35-14-6-2-7-15-35)52-50(54-51)36-23-29-46-44(30-36)41-18-10-11-19-45(41)56-46/h1-32H. The zero-order chi connectivity index (χ0) is 37.7. The van der Waals surface area contributed by atoms with Gasteiger partial charge in [0, 0.05) is 61.4 Å². The van der Waals surface area contributed by atoms with Gasteiger partial charge in [0.25, 0.3) is 0 Å². The van der Waals surface area contributed by atoms with Crippen LogP contribution in [0.25, 0.3) is 89.2 Å². The Morgan fingerprint density at radius 3 is 1.47 bits per heavy atom. The molecule has 0 spiro atoms. The fraction of sp³-hybridized carbons (Fsp3) is 0. The van der Waals surface area contributed by atoms with E-state index in [1.165, 1.54) is 11.1 Å². The lowest BCUT2D eigenvalue weighted by atomic mass is 10.0. The minimum Gasteiger partial charge on any atom is -0.456 e.